The van der Waals surface area contributed by atoms with Crippen LogP contribution in [0.2, 0.25) is 5.02 Å². The van der Waals surface area contributed by atoms with Crippen LogP contribution in [0.1, 0.15) is 43.7 Å². The summed E-state index contributed by atoms with van der Waals surface area (Å²) in [4.78, 5) is 25.2. The van der Waals surface area contributed by atoms with E-state index in [0.29, 0.717) is 16.3 Å². The summed E-state index contributed by atoms with van der Waals surface area (Å²) in [5, 5.41) is 6.31. The number of nitrogens with one attached hydrogen (secondary N) is 1. The molecule has 0 radical (unpaired) electrons. The van der Waals surface area contributed by atoms with Crippen molar-refractivity contribution in [3.8, 4) is 11.1 Å². The first kappa shape index (κ1) is 24.6. The van der Waals surface area contributed by atoms with Crippen molar-refractivity contribution >= 4 is 45.3 Å². The molecular formula is C28H29ClN2O4. The van der Waals surface area contributed by atoms with Crippen LogP contribution in [0.25, 0.3) is 32.8 Å². The van der Waals surface area contributed by atoms with Crippen molar-refractivity contribution in [1.29, 1.82) is 0 Å². The lowest BCUT2D eigenvalue weighted by Crippen LogP contribution is -2.33. The van der Waals surface area contributed by atoms with Gasteiger partial charge in [-0.05, 0) is 67.8 Å². The summed E-state index contributed by atoms with van der Waals surface area (Å²) in [6.07, 6.45) is -0.552. The van der Waals surface area contributed by atoms with Gasteiger partial charge in [0.15, 0.2) is 0 Å². The molecule has 1 heterocycles. The van der Waals surface area contributed by atoms with E-state index in [1.165, 1.54) is 0 Å². The molecule has 1 amide bonds. The Balaban J connectivity index is 1.82. The molecule has 3 aromatic carbocycles. The number of fused-ring (bicyclic) bond motifs is 2. The van der Waals surface area contributed by atoms with Gasteiger partial charge in [0.25, 0.3) is 0 Å². The predicted molar refractivity (Wildman–Crippen MR) is 140 cm³/mol. The summed E-state index contributed by atoms with van der Waals surface area (Å²) in [5.74, 6) is -0.431. The van der Waals surface area contributed by atoms with Crippen molar-refractivity contribution in [3.63, 3.8) is 0 Å². The second kappa shape index (κ2) is 9.62. The third-order valence-corrected chi connectivity index (χ3v) is 5.96. The van der Waals surface area contributed by atoms with E-state index in [9.17, 15) is 9.59 Å². The molecule has 0 aliphatic carbocycles. The molecule has 1 aromatic heterocycles. The van der Waals surface area contributed by atoms with Crippen LogP contribution in [0.15, 0.2) is 54.6 Å². The highest BCUT2D eigenvalue weighted by Crippen LogP contribution is 2.35. The Kier molecular flexibility index (Phi) is 6.77. The molecule has 182 valence electrons. The lowest BCUT2D eigenvalue weighted by Gasteiger charge is -2.20. The average molecular weight is 493 g/mol. The summed E-state index contributed by atoms with van der Waals surface area (Å²) in [5.41, 5.74) is 3.26. The molecule has 0 aliphatic heterocycles. The topological polar surface area (TPSA) is 69.6 Å². The number of ether oxygens (including phenoxy) is 2. The molecule has 0 unspecified atom stereocenters. The van der Waals surface area contributed by atoms with Crippen LogP contribution in [-0.2, 0) is 23.1 Å². The molecule has 4 aromatic rings. The molecule has 0 spiro atoms. The van der Waals surface area contributed by atoms with Gasteiger partial charge < -0.3 is 19.4 Å². The minimum Gasteiger partial charge on any atom is -0.462 e. The van der Waals surface area contributed by atoms with Crippen molar-refractivity contribution in [1.82, 2.24) is 9.88 Å². The minimum absolute atomic E-state index is 0.115. The van der Waals surface area contributed by atoms with E-state index >= 15 is 0 Å². The van der Waals surface area contributed by atoms with E-state index in [1.807, 2.05) is 60.1 Å². The molecule has 0 fully saturated rings. The Labute approximate surface area is 209 Å². The Bertz CT molecular complexity index is 1430. The fourth-order valence-electron chi connectivity index (χ4n) is 4.28. The van der Waals surface area contributed by atoms with E-state index in [0.717, 1.165) is 32.8 Å². The normalized spacial score (nSPS) is 11.6. The molecule has 0 atom stereocenters. The van der Waals surface area contributed by atoms with Crippen molar-refractivity contribution in [2.24, 2.45) is 7.05 Å². The number of hydrogen-bond donors (Lipinski definition) is 1. The number of alkyl carbamates (subject to hydrolysis) is 1. The zero-order chi connectivity index (χ0) is 25.3. The smallest absolute Gasteiger partial charge is 0.407 e. The first-order valence-electron chi connectivity index (χ1n) is 11.5. The van der Waals surface area contributed by atoms with Crippen LogP contribution in [0.5, 0.6) is 0 Å². The maximum atomic E-state index is 12.9. The highest BCUT2D eigenvalue weighted by Gasteiger charge is 2.24. The van der Waals surface area contributed by atoms with Gasteiger partial charge in [0, 0.05) is 23.0 Å². The number of benzene rings is 3. The van der Waals surface area contributed by atoms with E-state index in [-0.39, 0.29) is 13.2 Å². The summed E-state index contributed by atoms with van der Waals surface area (Å²) in [7, 11) is 1.87. The largest absolute Gasteiger partial charge is 0.462 e. The Hall–Kier alpha value is -3.51. The van der Waals surface area contributed by atoms with Crippen LogP contribution in [0.4, 0.5) is 4.79 Å². The van der Waals surface area contributed by atoms with Crippen molar-refractivity contribution in [3.05, 3.63) is 70.9 Å². The third-order valence-electron chi connectivity index (χ3n) is 5.74. The Morgan fingerprint density at radius 2 is 1.77 bits per heavy atom. The lowest BCUT2D eigenvalue weighted by molar-refractivity contribution is 0.0502. The van der Waals surface area contributed by atoms with Gasteiger partial charge in [0.05, 0.1) is 24.4 Å². The second-order valence-corrected chi connectivity index (χ2v) is 9.80. The predicted octanol–water partition coefficient (Wildman–Crippen LogP) is 6.85. The number of nitrogens with zero attached hydrogens (tertiary/aromatic N) is 1. The van der Waals surface area contributed by atoms with Gasteiger partial charge in [-0.3, -0.25) is 0 Å². The second-order valence-electron chi connectivity index (χ2n) is 9.36. The van der Waals surface area contributed by atoms with E-state index in [4.69, 9.17) is 21.1 Å². The third kappa shape index (κ3) is 5.13. The number of esters is 1. The molecule has 0 saturated carbocycles. The van der Waals surface area contributed by atoms with Crippen molar-refractivity contribution in [2.75, 3.05) is 6.61 Å². The molecular weight excluding hydrogens is 464 g/mol. The summed E-state index contributed by atoms with van der Waals surface area (Å²) in [6, 6.07) is 17.9. The van der Waals surface area contributed by atoms with E-state index < -0.39 is 17.7 Å². The van der Waals surface area contributed by atoms with Crippen LogP contribution in [-0.4, -0.2) is 28.8 Å². The zero-order valence-electron chi connectivity index (χ0n) is 20.6. The van der Waals surface area contributed by atoms with Gasteiger partial charge in [-0.15, -0.1) is 0 Å². The zero-order valence-corrected chi connectivity index (χ0v) is 21.3. The minimum atomic E-state index is -0.623. The van der Waals surface area contributed by atoms with Gasteiger partial charge in [-0.1, -0.05) is 48.0 Å². The molecule has 0 bridgehead atoms. The maximum absolute atomic E-state index is 12.9. The van der Waals surface area contributed by atoms with Crippen molar-refractivity contribution < 1.29 is 19.1 Å². The van der Waals surface area contributed by atoms with E-state index in [2.05, 4.69) is 11.4 Å². The van der Waals surface area contributed by atoms with Gasteiger partial charge in [-0.2, -0.15) is 0 Å². The van der Waals surface area contributed by atoms with Crippen LogP contribution in [0, 0.1) is 0 Å². The number of amides is 1. The van der Waals surface area contributed by atoms with Crippen LogP contribution < -0.4 is 5.32 Å². The highest BCUT2D eigenvalue weighted by molar-refractivity contribution is 6.32. The fourth-order valence-corrected chi connectivity index (χ4v) is 4.50. The highest BCUT2D eigenvalue weighted by atomic mass is 35.5. The molecule has 35 heavy (non-hydrogen) atoms. The number of aryl methyl sites for hydroxylation is 1. The van der Waals surface area contributed by atoms with Gasteiger partial charge in [0.1, 0.15) is 5.60 Å². The molecule has 1 N–H and O–H groups in total. The van der Waals surface area contributed by atoms with Crippen molar-refractivity contribution in [2.45, 2.75) is 39.8 Å². The Morgan fingerprint density at radius 1 is 1.03 bits per heavy atom. The van der Waals surface area contributed by atoms with E-state index in [1.54, 1.807) is 27.7 Å². The van der Waals surface area contributed by atoms with Gasteiger partial charge in [-0.25, -0.2) is 9.59 Å². The van der Waals surface area contributed by atoms with Gasteiger partial charge >= 0.3 is 12.1 Å². The number of hydrogen-bond acceptors (Lipinski definition) is 4. The summed E-state index contributed by atoms with van der Waals surface area (Å²) < 4.78 is 12.6. The Morgan fingerprint density at radius 3 is 2.49 bits per heavy atom. The number of carbonyl (C=O) groups excluding carboxylic acids is 2. The first-order valence-corrected chi connectivity index (χ1v) is 11.9. The van der Waals surface area contributed by atoms with Crippen LogP contribution in [0.3, 0.4) is 0 Å². The van der Waals surface area contributed by atoms with Gasteiger partial charge in [0.2, 0.25) is 0 Å². The maximum Gasteiger partial charge on any atom is 0.407 e. The van der Waals surface area contributed by atoms with Crippen LogP contribution >= 0.6 is 11.6 Å². The monoisotopic (exact) mass is 492 g/mol. The number of carbonyl (C=O) groups is 2. The molecule has 0 aliphatic rings. The molecule has 4 rings (SSSR count). The standard InChI is InChI=1S/C28H29ClN2O4/c1-6-34-26(32)25-21-12-11-18(22-15-19(29)13-17-9-7-8-10-20(17)22)14-23(21)31(5)24(25)16-30-27(33)35-28(2,3)4/h7-15H,6,16H2,1-5H3,(H,30,33). The molecule has 6 nitrogen and oxygen atoms in total. The number of rotatable bonds is 5. The first-order chi connectivity index (χ1) is 16.6. The quantitative estimate of drug-likeness (QED) is 0.309. The average Bonchev–Trinajstić information content (AvgIpc) is 3.07. The lowest BCUT2D eigenvalue weighted by atomic mass is 9.97. The fraction of sp³-hybridized carbons (Fsp3) is 0.286. The summed E-state index contributed by atoms with van der Waals surface area (Å²) >= 11 is 6.43. The SMILES string of the molecule is CCOC(=O)c1c(CNC(=O)OC(C)(C)C)n(C)c2cc(-c3cc(Cl)cc4ccccc34)ccc12. The number of halogens is 1. The summed E-state index contributed by atoms with van der Waals surface area (Å²) in [6.45, 7) is 7.53. The molecule has 7 heteroatoms. The molecule has 0 saturated heterocycles. The number of aromatic nitrogens is 1.